The lowest BCUT2D eigenvalue weighted by Crippen LogP contribution is -2.22. The summed E-state index contributed by atoms with van der Waals surface area (Å²) in [5, 5.41) is 2.86. The maximum absolute atomic E-state index is 13.6. The lowest BCUT2D eigenvalue weighted by atomic mass is 10.0. The minimum Gasteiger partial charge on any atom is -0.452 e. The van der Waals surface area contributed by atoms with E-state index in [9.17, 15) is 14.0 Å². The van der Waals surface area contributed by atoms with Gasteiger partial charge in [0.05, 0.1) is 5.56 Å². The summed E-state index contributed by atoms with van der Waals surface area (Å²) in [6.07, 6.45) is 0. The minimum atomic E-state index is -0.920. The number of amides is 1. The van der Waals surface area contributed by atoms with Crippen LogP contribution in [0.15, 0.2) is 42.5 Å². The third kappa shape index (κ3) is 4.55. The molecule has 0 heterocycles. The van der Waals surface area contributed by atoms with Crippen LogP contribution in [0.5, 0.6) is 0 Å². The maximum atomic E-state index is 13.6. The van der Waals surface area contributed by atoms with Gasteiger partial charge in [-0.05, 0) is 35.7 Å². The first kappa shape index (κ1) is 17.9. The molecule has 0 fully saturated rings. The predicted molar refractivity (Wildman–Crippen MR) is 90.9 cm³/mol. The summed E-state index contributed by atoms with van der Waals surface area (Å²) in [5.74, 6) is -1.98. The van der Waals surface area contributed by atoms with E-state index in [2.05, 4.69) is 5.32 Å². The van der Waals surface area contributed by atoms with Crippen LogP contribution in [-0.4, -0.2) is 18.5 Å². The van der Waals surface area contributed by atoms with Gasteiger partial charge in [-0.1, -0.05) is 43.6 Å². The average molecular weight is 350 g/mol. The lowest BCUT2D eigenvalue weighted by Gasteiger charge is -2.13. The van der Waals surface area contributed by atoms with Gasteiger partial charge in [-0.15, -0.1) is 0 Å². The molecule has 0 aliphatic carbocycles. The first-order chi connectivity index (χ1) is 11.4. The third-order valence-electron chi connectivity index (χ3n) is 3.34. The van der Waals surface area contributed by atoms with E-state index in [1.165, 1.54) is 12.1 Å². The molecule has 0 aromatic heterocycles. The van der Waals surface area contributed by atoms with Crippen LogP contribution in [-0.2, 0) is 9.53 Å². The van der Waals surface area contributed by atoms with Crippen molar-refractivity contribution in [3.63, 3.8) is 0 Å². The number of hydrogen-bond acceptors (Lipinski definition) is 3. The molecular weight excluding hydrogens is 333 g/mol. The highest BCUT2D eigenvalue weighted by Crippen LogP contribution is 2.23. The van der Waals surface area contributed by atoms with Crippen LogP contribution < -0.4 is 5.32 Å². The number of nitrogens with one attached hydrogen (secondary N) is 1. The smallest absolute Gasteiger partial charge is 0.341 e. The molecule has 24 heavy (non-hydrogen) atoms. The standard InChI is InChI=1S/C18H17ClFNO3/c1-11(2)13-5-3-4-6-16(13)21-17(22)10-24-18(23)14-8-7-12(19)9-15(14)20/h3-9,11H,10H2,1-2H3,(H,21,22). The van der Waals surface area contributed by atoms with Crippen molar-refractivity contribution in [3.05, 3.63) is 64.4 Å². The molecule has 126 valence electrons. The fourth-order valence-corrected chi connectivity index (χ4v) is 2.32. The zero-order chi connectivity index (χ0) is 17.7. The molecule has 0 spiro atoms. The molecule has 6 heteroatoms. The van der Waals surface area contributed by atoms with E-state index in [0.29, 0.717) is 5.69 Å². The topological polar surface area (TPSA) is 55.4 Å². The molecule has 0 atom stereocenters. The van der Waals surface area contributed by atoms with Crippen LogP contribution in [0.25, 0.3) is 0 Å². The highest BCUT2D eigenvalue weighted by Gasteiger charge is 2.16. The third-order valence-corrected chi connectivity index (χ3v) is 3.58. The molecule has 0 unspecified atom stereocenters. The van der Waals surface area contributed by atoms with Gasteiger partial charge in [-0.3, -0.25) is 4.79 Å². The van der Waals surface area contributed by atoms with Crippen LogP contribution in [0.4, 0.5) is 10.1 Å². The Morgan fingerprint density at radius 1 is 1.21 bits per heavy atom. The second kappa shape index (κ2) is 7.93. The normalized spacial score (nSPS) is 10.5. The Hall–Kier alpha value is -2.40. The van der Waals surface area contributed by atoms with Gasteiger partial charge in [-0.2, -0.15) is 0 Å². The molecule has 1 amide bonds. The van der Waals surface area contributed by atoms with Crippen molar-refractivity contribution in [2.24, 2.45) is 0 Å². The Kier molecular flexibility index (Phi) is 5.93. The van der Waals surface area contributed by atoms with E-state index in [4.69, 9.17) is 16.3 Å². The number of rotatable bonds is 5. The van der Waals surface area contributed by atoms with Gasteiger partial charge in [0, 0.05) is 10.7 Å². The number of hydrogen-bond donors (Lipinski definition) is 1. The number of anilines is 1. The summed E-state index contributed by atoms with van der Waals surface area (Å²) in [6, 6.07) is 11.0. The monoisotopic (exact) mass is 349 g/mol. The Morgan fingerprint density at radius 3 is 2.58 bits per heavy atom. The van der Waals surface area contributed by atoms with Gasteiger partial charge in [0.2, 0.25) is 0 Å². The lowest BCUT2D eigenvalue weighted by molar-refractivity contribution is -0.119. The molecule has 2 aromatic rings. The molecule has 4 nitrogen and oxygen atoms in total. The molecule has 2 rings (SSSR count). The van der Waals surface area contributed by atoms with Gasteiger partial charge in [-0.25, -0.2) is 9.18 Å². The Balaban J connectivity index is 1.97. The van der Waals surface area contributed by atoms with E-state index in [-0.39, 0.29) is 16.5 Å². The van der Waals surface area contributed by atoms with Crippen molar-refractivity contribution in [2.45, 2.75) is 19.8 Å². The number of esters is 1. The van der Waals surface area contributed by atoms with Crippen molar-refractivity contribution in [3.8, 4) is 0 Å². The predicted octanol–water partition coefficient (Wildman–Crippen LogP) is 4.40. The van der Waals surface area contributed by atoms with E-state index in [1.54, 1.807) is 12.1 Å². The van der Waals surface area contributed by atoms with Crippen LogP contribution in [0.2, 0.25) is 5.02 Å². The van der Waals surface area contributed by atoms with Gasteiger partial charge in [0.15, 0.2) is 6.61 Å². The first-order valence-electron chi connectivity index (χ1n) is 7.39. The quantitative estimate of drug-likeness (QED) is 0.814. The van der Waals surface area contributed by atoms with E-state index in [0.717, 1.165) is 11.6 Å². The SMILES string of the molecule is CC(C)c1ccccc1NC(=O)COC(=O)c1ccc(Cl)cc1F. The largest absolute Gasteiger partial charge is 0.452 e. The summed E-state index contributed by atoms with van der Waals surface area (Å²) < 4.78 is 18.5. The van der Waals surface area contributed by atoms with Gasteiger partial charge < -0.3 is 10.1 Å². The van der Waals surface area contributed by atoms with Crippen molar-refractivity contribution in [1.82, 2.24) is 0 Å². The Bertz CT molecular complexity index is 762. The van der Waals surface area contributed by atoms with E-state index < -0.39 is 24.3 Å². The second-order valence-electron chi connectivity index (χ2n) is 5.49. The molecule has 0 radical (unpaired) electrons. The number of halogens is 2. The fraction of sp³-hybridized carbons (Fsp3) is 0.222. The number of benzene rings is 2. The van der Waals surface area contributed by atoms with Crippen LogP contribution in [0.3, 0.4) is 0 Å². The zero-order valence-corrected chi connectivity index (χ0v) is 14.1. The molecule has 2 aromatic carbocycles. The summed E-state index contributed by atoms with van der Waals surface area (Å²) in [4.78, 5) is 23.8. The van der Waals surface area contributed by atoms with Crippen LogP contribution >= 0.6 is 11.6 Å². The molecule has 0 aliphatic heterocycles. The molecule has 0 saturated heterocycles. The van der Waals surface area contributed by atoms with Gasteiger partial charge >= 0.3 is 5.97 Å². The fourth-order valence-electron chi connectivity index (χ4n) is 2.16. The highest BCUT2D eigenvalue weighted by molar-refractivity contribution is 6.30. The molecule has 0 saturated carbocycles. The molecular formula is C18H17ClFNO3. The second-order valence-corrected chi connectivity index (χ2v) is 5.93. The van der Waals surface area contributed by atoms with E-state index in [1.807, 2.05) is 26.0 Å². The molecule has 0 bridgehead atoms. The number of carbonyl (C=O) groups is 2. The minimum absolute atomic E-state index is 0.173. The molecule has 0 aliphatic rings. The maximum Gasteiger partial charge on any atom is 0.341 e. The van der Waals surface area contributed by atoms with Gasteiger partial charge in [0.25, 0.3) is 5.91 Å². The number of para-hydroxylation sites is 1. The molecule has 1 N–H and O–H groups in total. The van der Waals surface area contributed by atoms with Gasteiger partial charge in [0.1, 0.15) is 5.82 Å². The summed E-state index contributed by atoms with van der Waals surface area (Å²) >= 11 is 5.62. The van der Waals surface area contributed by atoms with Crippen molar-refractivity contribution < 1.29 is 18.7 Å². The van der Waals surface area contributed by atoms with Crippen molar-refractivity contribution in [1.29, 1.82) is 0 Å². The number of carbonyl (C=O) groups excluding carboxylic acids is 2. The highest BCUT2D eigenvalue weighted by atomic mass is 35.5. The number of ether oxygens (including phenoxy) is 1. The summed E-state index contributed by atoms with van der Waals surface area (Å²) in [7, 11) is 0. The van der Waals surface area contributed by atoms with Crippen molar-refractivity contribution >= 4 is 29.2 Å². The Morgan fingerprint density at radius 2 is 1.92 bits per heavy atom. The first-order valence-corrected chi connectivity index (χ1v) is 7.77. The van der Waals surface area contributed by atoms with Crippen molar-refractivity contribution in [2.75, 3.05) is 11.9 Å². The van der Waals surface area contributed by atoms with E-state index >= 15 is 0 Å². The summed E-state index contributed by atoms with van der Waals surface area (Å²) in [5.41, 5.74) is 1.36. The summed E-state index contributed by atoms with van der Waals surface area (Å²) in [6.45, 7) is 3.51. The average Bonchev–Trinajstić information content (AvgIpc) is 2.53. The van der Waals surface area contributed by atoms with Crippen LogP contribution in [0.1, 0.15) is 35.7 Å². The van der Waals surface area contributed by atoms with Crippen LogP contribution in [0, 0.1) is 5.82 Å². The zero-order valence-electron chi connectivity index (χ0n) is 13.3. The Labute approximate surface area is 144 Å².